The molecule has 0 aliphatic heterocycles. The highest BCUT2D eigenvalue weighted by Gasteiger charge is 2.26. The molecule has 0 bridgehead atoms. The van der Waals surface area contributed by atoms with Crippen LogP contribution >= 0.6 is 11.3 Å². The maximum absolute atomic E-state index is 13.0. The van der Waals surface area contributed by atoms with Crippen LogP contribution in [0.3, 0.4) is 0 Å². The molecule has 0 aliphatic carbocycles. The van der Waals surface area contributed by atoms with Crippen molar-refractivity contribution in [3.05, 3.63) is 41.7 Å². The zero-order chi connectivity index (χ0) is 20.4. The Hall–Kier alpha value is -2.30. The molecule has 2 amide bonds. The van der Waals surface area contributed by atoms with Gasteiger partial charge in [-0.25, -0.2) is 12.8 Å². The van der Waals surface area contributed by atoms with Gasteiger partial charge in [0, 0.05) is 0 Å². The topological polar surface area (TPSA) is 127 Å². The summed E-state index contributed by atoms with van der Waals surface area (Å²) in [6, 6.07) is 5.25. The van der Waals surface area contributed by atoms with E-state index in [4.69, 9.17) is 5.73 Å². The largest absolute Gasteiger partial charge is 0.383 e. The highest BCUT2D eigenvalue weighted by atomic mass is 32.2. The number of benzene rings is 1. The van der Waals surface area contributed by atoms with Crippen molar-refractivity contribution in [1.29, 1.82) is 0 Å². The van der Waals surface area contributed by atoms with Gasteiger partial charge in [-0.15, -0.1) is 11.3 Å². The van der Waals surface area contributed by atoms with Gasteiger partial charge < -0.3 is 16.2 Å². The van der Waals surface area contributed by atoms with Crippen molar-refractivity contribution < 1.29 is 27.5 Å². The number of hydrogen-bond donors (Lipinski definition) is 3. The number of nitrogens with one attached hydrogen (secondary N) is 1. The zero-order valence-corrected chi connectivity index (χ0v) is 16.2. The number of thiophene rings is 1. The molecule has 0 aliphatic rings. The Morgan fingerprint density at radius 3 is 2.37 bits per heavy atom. The highest BCUT2D eigenvalue weighted by molar-refractivity contribution is 7.93. The number of aliphatic hydroxyl groups is 1. The van der Waals surface area contributed by atoms with Crippen LogP contribution in [0.4, 0.5) is 9.39 Å². The Labute approximate surface area is 159 Å². The van der Waals surface area contributed by atoms with Gasteiger partial charge in [0.25, 0.3) is 11.8 Å². The molecule has 1 heterocycles. The molecule has 0 fully saturated rings. The lowest BCUT2D eigenvalue weighted by atomic mass is 10.1. The molecule has 1 aromatic heterocycles. The molecule has 4 N–H and O–H groups in total. The van der Waals surface area contributed by atoms with Gasteiger partial charge in [0.05, 0.1) is 10.5 Å². The third-order valence-corrected chi connectivity index (χ3v) is 6.89. The monoisotopic (exact) mass is 414 g/mol. The van der Waals surface area contributed by atoms with Crippen molar-refractivity contribution in [2.45, 2.75) is 35.5 Å². The molecule has 2 aromatic rings. The second-order valence-corrected chi connectivity index (χ2v) is 9.49. The Kier molecular flexibility index (Phi) is 6.34. The van der Waals surface area contributed by atoms with Gasteiger partial charge in [-0.05, 0) is 42.7 Å². The summed E-state index contributed by atoms with van der Waals surface area (Å²) in [5.41, 5.74) is 5.08. The number of carbonyl (C=O) groups excluding carboxylic acids is 2. The number of hydrogen-bond acceptors (Lipinski definition) is 6. The van der Waals surface area contributed by atoms with Gasteiger partial charge in [-0.2, -0.15) is 0 Å². The lowest BCUT2D eigenvalue weighted by molar-refractivity contribution is -0.124. The average Bonchev–Trinajstić information content (AvgIpc) is 2.99. The predicted octanol–water partition coefficient (Wildman–Crippen LogP) is 2.16. The number of sulfone groups is 1. The van der Waals surface area contributed by atoms with Crippen LogP contribution in [-0.4, -0.2) is 31.4 Å². The first-order valence-electron chi connectivity index (χ1n) is 7.95. The van der Waals surface area contributed by atoms with Crippen LogP contribution in [0.2, 0.25) is 0 Å². The summed E-state index contributed by atoms with van der Waals surface area (Å²) >= 11 is 0.633. The molecule has 146 valence electrons. The minimum atomic E-state index is -4.04. The Morgan fingerprint density at radius 2 is 1.85 bits per heavy atom. The first kappa shape index (κ1) is 21.0. The molecule has 1 aromatic carbocycles. The maximum atomic E-state index is 13.0. The van der Waals surface area contributed by atoms with E-state index in [1.165, 1.54) is 0 Å². The Bertz CT molecular complexity index is 952. The molecule has 0 radical (unpaired) electrons. The van der Waals surface area contributed by atoms with Crippen LogP contribution in [-0.2, 0) is 14.6 Å². The molecule has 1 atom stereocenters. The standard InChI is InChI=1S/C17H19FN2O5S2/c1-9(2)7-13(21)16(23)20-17-12(15(19)22)8-14(26-17)27(24,25)11-5-3-10(18)4-6-11/h3-6,8-9,13,21H,7H2,1-2H3,(H2,19,22)(H,20,23). The Morgan fingerprint density at radius 1 is 1.26 bits per heavy atom. The number of carbonyl (C=O) groups is 2. The van der Waals surface area contributed by atoms with Gasteiger partial charge in [0.2, 0.25) is 9.84 Å². The molecular formula is C17H19FN2O5S2. The van der Waals surface area contributed by atoms with Crippen molar-refractivity contribution in [2.24, 2.45) is 11.7 Å². The molecular weight excluding hydrogens is 395 g/mol. The summed E-state index contributed by atoms with van der Waals surface area (Å²) in [5, 5.41) is 12.2. The molecule has 7 nitrogen and oxygen atoms in total. The van der Waals surface area contributed by atoms with E-state index in [0.29, 0.717) is 11.3 Å². The third kappa shape index (κ3) is 4.90. The molecule has 10 heteroatoms. The predicted molar refractivity (Wildman–Crippen MR) is 98.8 cm³/mol. The number of rotatable bonds is 7. The van der Waals surface area contributed by atoms with Crippen molar-refractivity contribution in [3.63, 3.8) is 0 Å². The summed E-state index contributed by atoms with van der Waals surface area (Å²) in [4.78, 5) is 23.6. The summed E-state index contributed by atoms with van der Waals surface area (Å²) in [7, 11) is -4.04. The molecule has 2 rings (SSSR count). The van der Waals surface area contributed by atoms with E-state index in [-0.39, 0.29) is 32.0 Å². The van der Waals surface area contributed by atoms with Crippen molar-refractivity contribution in [2.75, 3.05) is 5.32 Å². The van der Waals surface area contributed by atoms with Gasteiger partial charge in [-0.3, -0.25) is 9.59 Å². The smallest absolute Gasteiger partial charge is 0.253 e. The molecule has 0 spiro atoms. The fourth-order valence-corrected chi connectivity index (χ4v) is 5.03. The van der Waals surface area contributed by atoms with Crippen LogP contribution in [0.1, 0.15) is 30.6 Å². The quantitative estimate of drug-likeness (QED) is 0.599. The maximum Gasteiger partial charge on any atom is 0.253 e. The summed E-state index contributed by atoms with van der Waals surface area (Å²) in [5.74, 6) is -2.23. The molecule has 0 saturated heterocycles. The van der Waals surface area contributed by atoms with Crippen LogP contribution < -0.4 is 11.1 Å². The third-order valence-electron chi connectivity index (χ3n) is 3.60. The van der Waals surface area contributed by atoms with Crippen LogP contribution in [0.25, 0.3) is 0 Å². The number of primary amides is 1. The zero-order valence-electron chi connectivity index (χ0n) is 14.6. The van der Waals surface area contributed by atoms with E-state index >= 15 is 0 Å². The van der Waals surface area contributed by atoms with Gasteiger partial charge >= 0.3 is 0 Å². The van der Waals surface area contributed by atoms with E-state index in [1.807, 2.05) is 13.8 Å². The van der Waals surface area contributed by atoms with Crippen LogP contribution in [0, 0.1) is 11.7 Å². The summed E-state index contributed by atoms with van der Waals surface area (Å²) in [6.45, 7) is 3.65. The number of nitrogens with two attached hydrogens (primary N) is 1. The van der Waals surface area contributed by atoms with Crippen LogP contribution in [0.5, 0.6) is 0 Å². The molecule has 0 saturated carbocycles. The lowest BCUT2D eigenvalue weighted by Crippen LogP contribution is -2.29. The minimum absolute atomic E-state index is 0.0547. The number of halogens is 1. The van der Waals surface area contributed by atoms with Crippen molar-refractivity contribution >= 4 is 38.0 Å². The average molecular weight is 414 g/mol. The van der Waals surface area contributed by atoms with E-state index < -0.39 is 33.6 Å². The first-order chi connectivity index (χ1) is 12.5. The molecule has 1 unspecified atom stereocenters. The van der Waals surface area contributed by atoms with E-state index in [1.54, 1.807) is 0 Å². The fourth-order valence-electron chi connectivity index (χ4n) is 2.26. The number of amides is 2. The van der Waals surface area contributed by atoms with Crippen molar-refractivity contribution in [3.8, 4) is 0 Å². The molecule has 27 heavy (non-hydrogen) atoms. The van der Waals surface area contributed by atoms with Gasteiger partial charge in [0.15, 0.2) is 0 Å². The van der Waals surface area contributed by atoms with E-state index in [2.05, 4.69) is 5.32 Å². The SMILES string of the molecule is CC(C)CC(O)C(=O)Nc1sc(S(=O)(=O)c2ccc(F)cc2)cc1C(N)=O. The second-order valence-electron chi connectivity index (χ2n) is 6.26. The second kappa shape index (κ2) is 8.15. The number of anilines is 1. The van der Waals surface area contributed by atoms with E-state index in [9.17, 15) is 27.5 Å². The van der Waals surface area contributed by atoms with E-state index in [0.717, 1.165) is 30.3 Å². The summed E-state index contributed by atoms with van der Waals surface area (Å²) < 4.78 is 38.1. The normalized spacial score (nSPS) is 12.8. The minimum Gasteiger partial charge on any atom is -0.383 e. The Balaban J connectivity index is 2.38. The van der Waals surface area contributed by atoms with Crippen LogP contribution in [0.15, 0.2) is 39.4 Å². The summed E-state index contributed by atoms with van der Waals surface area (Å²) in [6.07, 6.45) is -1.12. The first-order valence-corrected chi connectivity index (χ1v) is 10.3. The van der Waals surface area contributed by atoms with Gasteiger partial charge in [-0.1, -0.05) is 13.8 Å². The van der Waals surface area contributed by atoms with Gasteiger partial charge in [0.1, 0.15) is 21.1 Å². The van der Waals surface area contributed by atoms with Crippen molar-refractivity contribution in [1.82, 2.24) is 0 Å². The fraction of sp³-hybridized carbons (Fsp3) is 0.294. The lowest BCUT2D eigenvalue weighted by Gasteiger charge is -2.12. The highest BCUT2D eigenvalue weighted by Crippen LogP contribution is 2.34. The number of aliphatic hydroxyl groups excluding tert-OH is 1.